The van der Waals surface area contributed by atoms with Crippen molar-refractivity contribution >= 4 is 11.9 Å². The van der Waals surface area contributed by atoms with Crippen molar-refractivity contribution in [3.05, 3.63) is 12.2 Å². The minimum atomic E-state index is -0.841. The predicted molar refractivity (Wildman–Crippen MR) is 329 cm³/mol. The van der Waals surface area contributed by atoms with Crippen molar-refractivity contribution in [3.8, 4) is 0 Å². The second kappa shape index (κ2) is 65.1. The maximum absolute atomic E-state index is 12.5. The number of carbonyl (C=O) groups excluding carboxylic acids is 2. The molecule has 0 aromatic heterocycles. The lowest BCUT2D eigenvalue weighted by molar-refractivity contribution is -0.143. The fourth-order valence-corrected chi connectivity index (χ4v) is 11.1. The van der Waals surface area contributed by atoms with Crippen LogP contribution >= 0.6 is 0 Å². The van der Waals surface area contributed by atoms with Crippen LogP contribution in [0, 0.1) is 0 Å². The molecule has 0 spiro atoms. The van der Waals surface area contributed by atoms with Gasteiger partial charge in [0.25, 0.3) is 0 Å². The van der Waals surface area contributed by atoms with E-state index in [9.17, 15) is 19.8 Å². The second-order valence-corrected chi connectivity index (χ2v) is 23.9. The predicted octanol–water partition coefficient (Wildman–Crippen LogP) is 22.0. The van der Waals surface area contributed by atoms with Gasteiger partial charge in [-0.25, -0.2) is 0 Å². The topological polar surface area (TPSA) is 95.9 Å². The number of rotatable bonds is 65. The quantitative estimate of drug-likeness (QED) is 0.0320. The van der Waals surface area contributed by atoms with Crippen LogP contribution in [0.3, 0.4) is 0 Å². The maximum atomic E-state index is 12.5. The Morgan fingerprint density at radius 1 is 0.360 bits per heavy atom. The van der Waals surface area contributed by atoms with Gasteiger partial charge in [0.2, 0.25) is 5.91 Å². The van der Waals surface area contributed by atoms with Gasteiger partial charge in [0, 0.05) is 12.8 Å². The average molecular weight is 1060 g/mol. The van der Waals surface area contributed by atoms with Gasteiger partial charge < -0.3 is 20.3 Å². The third-order valence-corrected chi connectivity index (χ3v) is 16.3. The molecule has 446 valence electrons. The van der Waals surface area contributed by atoms with Gasteiger partial charge in [0.1, 0.15) is 0 Å². The molecule has 3 N–H and O–H groups in total. The maximum Gasteiger partial charge on any atom is 0.305 e. The monoisotopic (exact) mass is 1060 g/mol. The molecule has 2 unspecified atom stereocenters. The molecule has 0 bridgehead atoms. The molecule has 0 aromatic rings. The highest BCUT2D eigenvalue weighted by molar-refractivity contribution is 5.76. The summed E-state index contributed by atoms with van der Waals surface area (Å²) in [6.07, 6.45) is 80.0. The van der Waals surface area contributed by atoms with Crippen LogP contribution in [-0.4, -0.2) is 47.4 Å². The highest BCUT2D eigenvalue weighted by atomic mass is 16.5. The van der Waals surface area contributed by atoms with E-state index in [1.165, 1.54) is 327 Å². The van der Waals surface area contributed by atoms with E-state index in [2.05, 4.69) is 19.2 Å². The first-order chi connectivity index (χ1) is 37.0. The van der Waals surface area contributed by atoms with Crippen LogP contribution in [0.25, 0.3) is 0 Å². The molecule has 0 fully saturated rings. The molecule has 0 radical (unpaired) electrons. The fraction of sp³-hybridized carbons (Fsp3) is 0.942. The smallest absolute Gasteiger partial charge is 0.305 e. The minimum Gasteiger partial charge on any atom is -0.466 e. The lowest BCUT2D eigenvalue weighted by atomic mass is 10.0. The van der Waals surface area contributed by atoms with Crippen LogP contribution in [0.1, 0.15) is 393 Å². The molecule has 0 aliphatic heterocycles. The summed E-state index contributed by atoms with van der Waals surface area (Å²) >= 11 is 0. The van der Waals surface area contributed by atoms with Crippen LogP contribution in [0.4, 0.5) is 0 Å². The van der Waals surface area contributed by atoms with Crippen LogP contribution < -0.4 is 5.32 Å². The lowest BCUT2D eigenvalue weighted by Crippen LogP contribution is -2.45. The summed E-state index contributed by atoms with van der Waals surface area (Å²) in [7, 11) is 0. The van der Waals surface area contributed by atoms with Gasteiger partial charge in [0.05, 0.1) is 25.4 Å². The number of amides is 1. The highest BCUT2D eigenvalue weighted by Crippen LogP contribution is 2.19. The van der Waals surface area contributed by atoms with Gasteiger partial charge in [-0.05, 0) is 32.1 Å². The van der Waals surface area contributed by atoms with Crippen LogP contribution in [0.5, 0.6) is 0 Å². The summed E-state index contributed by atoms with van der Waals surface area (Å²) in [5, 5.41) is 23.2. The molecule has 0 aliphatic rings. The van der Waals surface area contributed by atoms with Gasteiger partial charge in [-0.3, -0.25) is 9.59 Å². The number of aliphatic hydroxyl groups is 2. The van der Waals surface area contributed by atoms with E-state index >= 15 is 0 Å². The molecular weight excluding hydrogens is 923 g/mol. The van der Waals surface area contributed by atoms with Crippen molar-refractivity contribution < 1.29 is 24.5 Å². The van der Waals surface area contributed by atoms with Crippen molar-refractivity contribution in [2.45, 2.75) is 405 Å². The highest BCUT2D eigenvalue weighted by Gasteiger charge is 2.18. The van der Waals surface area contributed by atoms with Crippen molar-refractivity contribution in [1.29, 1.82) is 0 Å². The summed E-state index contributed by atoms with van der Waals surface area (Å²) in [5.41, 5.74) is 0. The molecule has 6 nitrogen and oxygen atoms in total. The number of nitrogens with one attached hydrogen (secondary N) is 1. The van der Waals surface area contributed by atoms with Crippen molar-refractivity contribution in [2.75, 3.05) is 13.2 Å². The number of esters is 1. The van der Waals surface area contributed by atoms with Gasteiger partial charge in [-0.2, -0.15) is 0 Å². The molecule has 6 heteroatoms. The fourth-order valence-electron chi connectivity index (χ4n) is 11.1. The van der Waals surface area contributed by atoms with Gasteiger partial charge >= 0.3 is 5.97 Å². The minimum absolute atomic E-state index is 0.0212. The molecule has 0 aromatic carbocycles. The first-order valence-corrected chi connectivity index (χ1v) is 34.5. The number of unbranched alkanes of at least 4 members (excludes halogenated alkanes) is 54. The zero-order valence-electron chi connectivity index (χ0n) is 51.1. The van der Waals surface area contributed by atoms with Gasteiger partial charge in [-0.15, -0.1) is 0 Å². The molecular formula is C69H135NO5. The van der Waals surface area contributed by atoms with E-state index in [1.807, 2.05) is 6.08 Å². The molecule has 0 aliphatic carbocycles. The Balaban J connectivity index is 3.34. The number of hydrogen-bond donors (Lipinski definition) is 3. The van der Waals surface area contributed by atoms with Gasteiger partial charge in [0.15, 0.2) is 0 Å². The van der Waals surface area contributed by atoms with Crippen LogP contribution in [-0.2, 0) is 14.3 Å². The van der Waals surface area contributed by atoms with E-state index in [0.29, 0.717) is 19.4 Å². The lowest BCUT2D eigenvalue weighted by Gasteiger charge is -2.20. The Bertz CT molecular complexity index is 1130. The number of ether oxygens (including phenoxy) is 1. The molecule has 0 heterocycles. The number of allylic oxidation sites excluding steroid dienone is 1. The van der Waals surface area contributed by atoms with Crippen molar-refractivity contribution in [2.24, 2.45) is 0 Å². The zero-order valence-corrected chi connectivity index (χ0v) is 51.1. The second-order valence-electron chi connectivity index (χ2n) is 23.9. The average Bonchev–Trinajstić information content (AvgIpc) is 3.41. The third kappa shape index (κ3) is 61.7. The number of hydrogen-bond acceptors (Lipinski definition) is 5. The van der Waals surface area contributed by atoms with Crippen LogP contribution in [0.15, 0.2) is 12.2 Å². The first-order valence-electron chi connectivity index (χ1n) is 34.5. The van der Waals surface area contributed by atoms with Gasteiger partial charge in [-0.1, -0.05) is 360 Å². The molecule has 0 saturated carbocycles. The van der Waals surface area contributed by atoms with E-state index < -0.39 is 12.1 Å². The molecule has 2 atom stereocenters. The van der Waals surface area contributed by atoms with E-state index in [-0.39, 0.29) is 18.5 Å². The summed E-state index contributed by atoms with van der Waals surface area (Å²) < 4.78 is 5.48. The normalized spacial score (nSPS) is 12.5. The number of aliphatic hydroxyl groups excluding tert-OH is 2. The Kier molecular flexibility index (Phi) is 63.9. The zero-order chi connectivity index (χ0) is 54.3. The largest absolute Gasteiger partial charge is 0.466 e. The Morgan fingerprint density at radius 2 is 0.613 bits per heavy atom. The van der Waals surface area contributed by atoms with E-state index in [0.717, 1.165) is 38.5 Å². The SMILES string of the molecule is CCCCCCCCCCCCCCCC/C=C/C(O)C(CO)NC(=O)CCCCCCCCCCCCCCCCCCCCCCCCCCCCCCCCOC(=O)CCCCCCCCCCCCCC. The Hall–Kier alpha value is -1.40. The van der Waals surface area contributed by atoms with E-state index in [4.69, 9.17) is 4.74 Å². The molecule has 0 saturated heterocycles. The molecule has 75 heavy (non-hydrogen) atoms. The van der Waals surface area contributed by atoms with Crippen LogP contribution in [0.2, 0.25) is 0 Å². The summed E-state index contributed by atoms with van der Waals surface area (Å²) in [6.45, 7) is 4.94. The summed E-state index contributed by atoms with van der Waals surface area (Å²) in [5.74, 6) is -0.0397. The Morgan fingerprint density at radius 3 is 0.907 bits per heavy atom. The summed E-state index contributed by atoms with van der Waals surface area (Å²) in [4.78, 5) is 24.5. The summed E-state index contributed by atoms with van der Waals surface area (Å²) in [6, 6.07) is -0.624. The molecule has 0 rings (SSSR count). The van der Waals surface area contributed by atoms with Crippen molar-refractivity contribution in [1.82, 2.24) is 5.32 Å². The van der Waals surface area contributed by atoms with Crippen molar-refractivity contribution in [3.63, 3.8) is 0 Å². The Labute approximate surface area is 469 Å². The first kappa shape index (κ1) is 73.6. The standard InChI is InChI=1S/C69H135NO5/c1-3-5-7-9-11-13-15-17-18-35-38-41-45-49-53-57-61-67(72)66(65-71)70-68(73)62-58-54-50-46-42-39-36-33-31-29-27-25-23-21-19-20-22-24-26-28-30-32-34-37-40-44-48-52-56-60-64-75-69(74)63-59-55-51-47-43-16-14-12-10-8-6-4-2/h57,61,66-67,71-72H,3-56,58-60,62-65H2,1-2H3,(H,70,73)/b61-57+. The number of carbonyl (C=O) groups is 2. The van der Waals surface area contributed by atoms with E-state index in [1.54, 1.807) is 6.08 Å². The third-order valence-electron chi connectivity index (χ3n) is 16.3. The molecule has 1 amide bonds.